The molecule has 4 aromatic carbocycles. The maximum absolute atomic E-state index is 13.8. The van der Waals surface area contributed by atoms with Gasteiger partial charge in [0.05, 0.1) is 52.5 Å². The van der Waals surface area contributed by atoms with Gasteiger partial charge < -0.3 is 83.2 Å². The van der Waals surface area contributed by atoms with Crippen LogP contribution in [0.4, 0.5) is 0 Å². The maximum Gasteiger partial charge on any atom is 0.328 e. The van der Waals surface area contributed by atoms with E-state index in [0.717, 1.165) is 25.0 Å². The molecule has 0 saturated carbocycles. The van der Waals surface area contributed by atoms with Crippen molar-refractivity contribution in [3.63, 3.8) is 0 Å². The first-order valence-corrected chi connectivity index (χ1v) is 30.9. The number of benzene rings is 4. The van der Waals surface area contributed by atoms with Crippen LogP contribution in [0.1, 0.15) is 104 Å². The van der Waals surface area contributed by atoms with E-state index >= 15 is 0 Å². The molecule has 0 fully saturated rings. The third-order valence-electron chi connectivity index (χ3n) is 14.5. The van der Waals surface area contributed by atoms with E-state index in [0.29, 0.717) is 22.6 Å². The number of esters is 2. The Hall–Kier alpha value is -9.70. The maximum atomic E-state index is 13.8. The van der Waals surface area contributed by atoms with Gasteiger partial charge in [-0.15, -0.1) is 0 Å². The van der Waals surface area contributed by atoms with Gasteiger partial charge in [0.15, 0.2) is 0 Å². The number of carbonyl (C=O) groups is 12. The summed E-state index contributed by atoms with van der Waals surface area (Å²) in [6, 6.07) is 16.9. The number of ether oxygens (including phenoxy) is 4. The van der Waals surface area contributed by atoms with Gasteiger partial charge in [-0.1, -0.05) is 100 Å². The topological polar surface area (TPSA) is 430 Å². The number of nitrogens with one attached hydrogen (secondary N) is 8. The first kappa shape index (κ1) is 76.8. The van der Waals surface area contributed by atoms with Gasteiger partial charge in [-0.05, 0) is 97.5 Å². The molecular formula is C66H90N10O18. The summed E-state index contributed by atoms with van der Waals surface area (Å²) in [6.07, 6.45) is -3.96. The number of aliphatic hydroxyl groups is 2. The Morgan fingerprint density at radius 1 is 0.415 bits per heavy atom. The van der Waals surface area contributed by atoms with Crippen LogP contribution in [0.2, 0.25) is 0 Å². The fourth-order valence-electron chi connectivity index (χ4n) is 9.74. The van der Waals surface area contributed by atoms with Crippen molar-refractivity contribution in [3.05, 3.63) is 108 Å². The van der Waals surface area contributed by atoms with E-state index < -0.39 is 144 Å². The summed E-state index contributed by atoms with van der Waals surface area (Å²) in [5, 5.41) is 42.9. The highest BCUT2D eigenvalue weighted by Crippen LogP contribution is 2.26. The third kappa shape index (κ3) is 26.9. The molecule has 28 heteroatoms. The van der Waals surface area contributed by atoms with Gasteiger partial charge in [-0.2, -0.15) is 0 Å². The molecule has 0 heterocycles. The summed E-state index contributed by atoms with van der Waals surface area (Å²) >= 11 is 0. The van der Waals surface area contributed by atoms with Gasteiger partial charge in [-0.25, -0.2) is 9.59 Å². The molecule has 10 amide bonds. The fourth-order valence-corrected chi connectivity index (χ4v) is 9.74. The van der Waals surface area contributed by atoms with Crippen LogP contribution < -0.4 is 63.5 Å². The highest BCUT2D eigenvalue weighted by molar-refractivity contribution is 5.99. The summed E-state index contributed by atoms with van der Waals surface area (Å²) < 4.78 is 21.6. The van der Waals surface area contributed by atoms with Crippen molar-refractivity contribution in [2.45, 2.75) is 166 Å². The number of primary amides is 2. The van der Waals surface area contributed by atoms with Crippen LogP contribution in [0.25, 0.3) is 10.8 Å². The number of carbonyl (C=O) groups excluding carboxylic acids is 12. The molecule has 0 aliphatic carbocycles. The van der Waals surface area contributed by atoms with E-state index in [2.05, 4.69) is 42.5 Å². The highest BCUT2D eigenvalue weighted by atomic mass is 16.5. The molecule has 0 aliphatic rings. The van der Waals surface area contributed by atoms with Crippen LogP contribution in [0.3, 0.4) is 0 Å². The minimum Gasteiger partial charge on any atom is -0.494 e. The SMILES string of the molecule is COC(=O)[C@H](Cc1ccccc1)NC(=O)[C@H](CC(N)=O)NC(=O)[C@H](CC(C)C)NC(=O)[C@@H](NC(=O)CCCOc1ccc2ccc(OCCCC(=O)N[C@H](C(=O)N[C@@H](CC(C)C)C(=O)N[C@@H](CC(N)=O)C(=O)N[C@@H](Cc3ccccc3)C(=O)OC)[C@@H](C)O)cc2c1)[C@@H](C)O. The predicted molar refractivity (Wildman–Crippen MR) is 343 cm³/mol. The van der Waals surface area contributed by atoms with E-state index in [1.807, 2.05) is 12.1 Å². The minimum atomic E-state index is -1.57. The Kier molecular flexibility index (Phi) is 31.8. The minimum absolute atomic E-state index is 0.0293. The number of fused-ring (bicyclic) bond motifs is 1. The molecule has 0 aliphatic heterocycles. The molecule has 0 aromatic heterocycles. The second-order valence-electron chi connectivity index (χ2n) is 23.5. The first-order valence-electron chi connectivity index (χ1n) is 30.9. The van der Waals surface area contributed by atoms with Crippen molar-refractivity contribution in [2.24, 2.45) is 23.3 Å². The van der Waals surface area contributed by atoms with E-state index in [1.165, 1.54) is 13.8 Å². The van der Waals surface area contributed by atoms with Crippen molar-refractivity contribution in [1.82, 2.24) is 42.5 Å². The Morgan fingerprint density at radius 2 is 0.745 bits per heavy atom. The van der Waals surface area contributed by atoms with Crippen LogP contribution in [0.5, 0.6) is 11.5 Å². The molecular weight excluding hydrogens is 1220 g/mol. The predicted octanol–water partition coefficient (Wildman–Crippen LogP) is 0.472. The zero-order valence-corrected chi connectivity index (χ0v) is 54.2. The largest absolute Gasteiger partial charge is 0.494 e. The Balaban J connectivity index is 1.28. The smallest absolute Gasteiger partial charge is 0.328 e. The van der Waals surface area contributed by atoms with Crippen LogP contribution in [-0.4, -0.2) is 169 Å². The van der Waals surface area contributed by atoms with Crippen LogP contribution in [-0.2, 0) is 79.8 Å². The van der Waals surface area contributed by atoms with Gasteiger partial charge in [0, 0.05) is 25.7 Å². The lowest BCUT2D eigenvalue weighted by molar-refractivity contribution is -0.146. The molecule has 4 rings (SSSR count). The summed E-state index contributed by atoms with van der Waals surface area (Å²) in [6.45, 7) is 9.75. The van der Waals surface area contributed by atoms with Crippen LogP contribution in [0, 0.1) is 11.8 Å². The Bertz CT molecular complexity index is 3020. The van der Waals surface area contributed by atoms with E-state index in [-0.39, 0.29) is 76.4 Å². The molecule has 14 N–H and O–H groups in total. The lowest BCUT2D eigenvalue weighted by atomic mass is 10.0. The van der Waals surface area contributed by atoms with Crippen molar-refractivity contribution >= 4 is 81.8 Å². The second-order valence-corrected chi connectivity index (χ2v) is 23.5. The quantitative estimate of drug-likeness (QED) is 0.0213. The third-order valence-corrected chi connectivity index (χ3v) is 14.5. The van der Waals surface area contributed by atoms with Gasteiger partial charge in [0.1, 0.15) is 59.8 Å². The average Bonchev–Trinajstić information content (AvgIpc) is 1.45. The highest BCUT2D eigenvalue weighted by Gasteiger charge is 2.36. The van der Waals surface area contributed by atoms with E-state index in [4.69, 9.17) is 30.4 Å². The molecule has 0 radical (unpaired) electrons. The summed E-state index contributed by atoms with van der Waals surface area (Å²) in [5.74, 6) is -9.59. The molecule has 0 unspecified atom stereocenters. The normalized spacial score (nSPS) is 14.3. The van der Waals surface area contributed by atoms with Gasteiger partial charge in [-0.3, -0.25) is 47.9 Å². The lowest BCUT2D eigenvalue weighted by Gasteiger charge is -2.27. The average molecular weight is 1310 g/mol. The Labute approximate surface area is 545 Å². The number of aliphatic hydroxyl groups excluding tert-OH is 2. The van der Waals surface area contributed by atoms with Crippen LogP contribution >= 0.6 is 0 Å². The number of hydrogen-bond donors (Lipinski definition) is 12. The molecule has 0 bridgehead atoms. The summed E-state index contributed by atoms with van der Waals surface area (Å²) in [5.41, 5.74) is 12.3. The summed E-state index contributed by atoms with van der Waals surface area (Å²) in [4.78, 5) is 158. The van der Waals surface area contributed by atoms with Crippen LogP contribution in [0.15, 0.2) is 97.1 Å². The van der Waals surface area contributed by atoms with Crippen molar-refractivity contribution < 1.29 is 86.7 Å². The number of nitrogens with two attached hydrogens (primary N) is 2. The molecule has 94 heavy (non-hydrogen) atoms. The molecule has 0 spiro atoms. The van der Waals surface area contributed by atoms with E-state index in [9.17, 15) is 67.7 Å². The Morgan fingerprint density at radius 3 is 1.06 bits per heavy atom. The van der Waals surface area contributed by atoms with Gasteiger partial charge in [0.25, 0.3) is 0 Å². The van der Waals surface area contributed by atoms with Crippen molar-refractivity contribution in [3.8, 4) is 11.5 Å². The fraction of sp³-hybridized carbons (Fsp3) is 0.485. The number of amides is 10. The monoisotopic (exact) mass is 1310 g/mol. The van der Waals surface area contributed by atoms with Gasteiger partial charge in [0.2, 0.25) is 59.1 Å². The van der Waals surface area contributed by atoms with E-state index in [1.54, 1.807) is 113 Å². The number of methoxy groups -OCH3 is 2. The molecule has 512 valence electrons. The molecule has 0 saturated heterocycles. The number of hydrogen-bond acceptors (Lipinski definition) is 18. The standard InChI is InChI=1S/C66H90N10O18/c1-37(2)29-47(59(83)69-49(35-53(67)79)61(85)73-51(65(89)91-7)31-41-17-11-9-12-18-41)71-63(87)57(39(5)77)75-55(81)21-15-27-93-45-25-23-43-24-26-46(34-44(43)33-45)94-28-16-22-56(82)76-58(40(6)78)64(88)72-48(30-38(3)4)60(84)70-50(36-54(68)80)62(86)74-52(66(90)92-8)32-42-19-13-10-14-20-42/h9-14,17-20,23-26,33-34,37-40,47-52,57-58,77-78H,15-16,21-22,27-32,35-36H2,1-8H3,(H2,67,79)(H2,68,80)(H,69,83)(H,70,84)(H,71,87)(H,72,88)(H,73,85)(H,74,86)(H,75,81)(H,76,82)/t39-,40-,47+,48+,49+,50+,51+,52+,57+,58+/m1/s1. The summed E-state index contributed by atoms with van der Waals surface area (Å²) in [7, 11) is 2.28. The molecule has 10 atom stereocenters. The zero-order valence-electron chi connectivity index (χ0n) is 54.2. The van der Waals surface area contributed by atoms with Crippen molar-refractivity contribution in [1.29, 1.82) is 0 Å². The zero-order chi connectivity index (χ0) is 69.6. The van der Waals surface area contributed by atoms with Crippen molar-refractivity contribution in [2.75, 3.05) is 27.4 Å². The lowest BCUT2D eigenvalue weighted by Crippen LogP contribution is -2.60. The molecule has 28 nitrogen and oxygen atoms in total. The second kappa shape index (κ2) is 39.0. The first-order chi connectivity index (χ1) is 44.6. The number of rotatable bonds is 40. The molecule has 4 aromatic rings. The van der Waals surface area contributed by atoms with Gasteiger partial charge >= 0.3 is 11.9 Å².